The molecule has 2 fully saturated rings. The van der Waals surface area contributed by atoms with Crippen molar-refractivity contribution in [1.82, 2.24) is 9.21 Å². The van der Waals surface area contributed by atoms with Gasteiger partial charge < -0.3 is 19.1 Å². The van der Waals surface area contributed by atoms with E-state index in [-0.39, 0.29) is 17.4 Å². The molecule has 0 radical (unpaired) electrons. The number of sulfonamides is 1. The number of rotatable bonds is 3. The molecular formula is C19H26N2O6S. The average molecular weight is 410 g/mol. The minimum Gasteiger partial charge on any atom is -0.485 e. The van der Waals surface area contributed by atoms with Gasteiger partial charge in [0, 0.05) is 32.2 Å². The quantitative estimate of drug-likeness (QED) is 0.742. The van der Waals surface area contributed by atoms with E-state index in [4.69, 9.17) is 14.2 Å². The van der Waals surface area contributed by atoms with Gasteiger partial charge in [-0.2, -0.15) is 4.31 Å². The third-order valence-corrected chi connectivity index (χ3v) is 7.45. The summed E-state index contributed by atoms with van der Waals surface area (Å²) < 4.78 is 44.1. The summed E-state index contributed by atoms with van der Waals surface area (Å²) in [4.78, 5) is 14.5. The van der Waals surface area contributed by atoms with Gasteiger partial charge in [0.25, 0.3) is 5.91 Å². The Morgan fingerprint density at radius 1 is 1.07 bits per heavy atom. The summed E-state index contributed by atoms with van der Waals surface area (Å²) in [6, 6.07) is 4.60. The maximum atomic E-state index is 12.9. The Morgan fingerprint density at radius 2 is 1.79 bits per heavy atom. The Hall–Kier alpha value is -1.84. The highest BCUT2D eigenvalue weighted by Gasteiger charge is 2.34. The van der Waals surface area contributed by atoms with Crippen LogP contribution in [0.15, 0.2) is 23.1 Å². The van der Waals surface area contributed by atoms with Gasteiger partial charge in [-0.1, -0.05) is 6.92 Å². The molecule has 1 unspecified atom stereocenters. The fourth-order valence-electron chi connectivity index (χ4n) is 3.70. The van der Waals surface area contributed by atoms with Crippen molar-refractivity contribution in [2.24, 2.45) is 5.92 Å². The molecular weight excluding hydrogens is 384 g/mol. The summed E-state index contributed by atoms with van der Waals surface area (Å²) in [6.07, 6.45) is 1.01. The minimum absolute atomic E-state index is 0.0634. The second kappa shape index (κ2) is 7.88. The van der Waals surface area contributed by atoms with Gasteiger partial charge in [-0.3, -0.25) is 4.79 Å². The molecule has 1 atom stereocenters. The number of carbonyl (C=O) groups excluding carboxylic acids is 1. The molecule has 2 saturated heterocycles. The minimum atomic E-state index is -3.56. The topological polar surface area (TPSA) is 85.4 Å². The van der Waals surface area contributed by atoms with Gasteiger partial charge in [0.2, 0.25) is 16.1 Å². The molecule has 3 heterocycles. The number of morpholine rings is 1. The van der Waals surface area contributed by atoms with Crippen molar-refractivity contribution in [3.05, 3.63) is 18.2 Å². The highest BCUT2D eigenvalue weighted by Crippen LogP contribution is 2.35. The molecule has 0 saturated carbocycles. The molecule has 3 aliphatic rings. The molecule has 4 rings (SSSR count). The first-order valence-corrected chi connectivity index (χ1v) is 11.2. The Labute approximate surface area is 165 Å². The lowest BCUT2D eigenvalue weighted by atomic mass is 10.0. The van der Waals surface area contributed by atoms with Crippen molar-refractivity contribution >= 4 is 15.9 Å². The Bertz CT molecular complexity index is 829. The van der Waals surface area contributed by atoms with Crippen LogP contribution in [0.4, 0.5) is 0 Å². The highest BCUT2D eigenvalue weighted by molar-refractivity contribution is 7.89. The number of hydrogen-bond donors (Lipinski definition) is 0. The predicted molar refractivity (Wildman–Crippen MR) is 101 cm³/mol. The largest absolute Gasteiger partial charge is 0.485 e. The zero-order chi connectivity index (χ0) is 19.7. The van der Waals surface area contributed by atoms with Gasteiger partial charge in [-0.15, -0.1) is 0 Å². The van der Waals surface area contributed by atoms with Crippen LogP contribution < -0.4 is 9.47 Å². The molecule has 9 heteroatoms. The summed E-state index contributed by atoms with van der Waals surface area (Å²) in [5.41, 5.74) is 0. The maximum absolute atomic E-state index is 12.9. The first-order valence-electron chi connectivity index (χ1n) is 9.75. The number of carbonyl (C=O) groups is 1. The second-order valence-corrected chi connectivity index (χ2v) is 9.49. The molecule has 1 aromatic rings. The highest BCUT2D eigenvalue weighted by atomic mass is 32.2. The van der Waals surface area contributed by atoms with Gasteiger partial charge in [0.15, 0.2) is 11.5 Å². The van der Waals surface area contributed by atoms with Crippen LogP contribution in [0.5, 0.6) is 11.5 Å². The molecule has 154 valence electrons. The fraction of sp³-hybridized carbons (Fsp3) is 0.632. The van der Waals surface area contributed by atoms with Crippen molar-refractivity contribution < 1.29 is 27.4 Å². The van der Waals surface area contributed by atoms with Crippen molar-refractivity contribution in [2.75, 3.05) is 46.0 Å². The van der Waals surface area contributed by atoms with Crippen LogP contribution in [0.1, 0.15) is 19.8 Å². The number of fused-ring (bicyclic) bond motifs is 1. The summed E-state index contributed by atoms with van der Waals surface area (Å²) in [6.45, 7) is 5.39. The van der Waals surface area contributed by atoms with Crippen LogP contribution >= 0.6 is 0 Å². The number of ether oxygens (including phenoxy) is 3. The molecule has 1 aromatic carbocycles. The fourth-order valence-corrected chi connectivity index (χ4v) is 5.18. The van der Waals surface area contributed by atoms with Crippen molar-refractivity contribution in [1.29, 1.82) is 0 Å². The van der Waals surface area contributed by atoms with Crippen LogP contribution in [0.2, 0.25) is 0 Å². The van der Waals surface area contributed by atoms with Gasteiger partial charge >= 0.3 is 0 Å². The molecule has 1 amide bonds. The monoisotopic (exact) mass is 410 g/mol. The molecule has 0 spiro atoms. The van der Waals surface area contributed by atoms with Gasteiger partial charge in [0.05, 0.1) is 18.1 Å². The van der Waals surface area contributed by atoms with E-state index in [1.165, 1.54) is 16.4 Å². The van der Waals surface area contributed by atoms with E-state index in [1.807, 2.05) is 0 Å². The Morgan fingerprint density at radius 3 is 2.50 bits per heavy atom. The number of benzene rings is 1. The van der Waals surface area contributed by atoms with E-state index < -0.39 is 16.1 Å². The molecule has 0 aromatic heterocycles. The van der Waals surface area contributed by atoms with E-state index in [0.29, 0.717) is 56.8 Å². The summed E-state index contributed by atoms with van der Waals surface area (Å²) in [5.74, 6) is 1.17. The molecule has 8 nitrogen and oxygen atoms in total. The maximum Gasteiger partial charge on any atom is 0.267 e. The first kappa shape index (κ1) is 19.5. The Kier molecular flexibility index (Phi) is 5.48. The first-order chi connectivity index (χ1) is 13.4. The van der Waals surface area contributed by atoms with Gasteiger partial charge in [0.1, 0.15) is 6.61 Å². The van der Waals surface area contributed by atoms with E-state index in [9.17, 15) is 13.2 Å². The summed E-state index contributed by atoms with van der Waals surface area (Å²) in [5, 5.41) is 0. The standard InChI is InChI=1S/C19H26N2O6S/c1-14-4-6-21(7-5-14)28(23,24)15-2-3-16-17(12-15)26-13-18(27-16)19(22)20-8-10-25-11-9-20/h2-3,12,14,18H,4-11,13H2,1H3. The van der Waals surface area contributed by atoms with E-state index in [0.717, 1.165) is 12.8 Å². The van der Waals surface area contributed by atoms with E-state index in [1.54, 1.807) is 11.0 Å². The van der Waals surface area contributed by atoms with Crippen molar-refractivity contribution in [2.45, 2.75) is 30.8 Å². The normalized spacial score (nSPS) is 24.2. The molecule has 28 heavy (non-hydrogen) atoms. The van der Waals surface area contributed by atoms with Crippen LogP contribution in [0.3, 0.4) is 0 Å². The van der Waals surface area contributed by atoms with Gasteiger partial charge in [-0.05, 0) is 30.9 Å². The van der Waals surface area contributed by atoms with E-state index >= 15 is 0 Å². The molecule has 0 aliphatic carbocycles. The number of hydrogen-bond acceptors (Lipinski definition) is 6. The SMILES string of the molecule is CC1CCN(S(=O)(=O)c2ccc3c(c2)OCC(C(=O)N2CCOCC2)O3)CC1. The van der Waals surface area contributed by atoms with Gasteiger partial charge in [-0.25, -0.2) is 8.42 Å². The van der Waals surface area contributed by atoms with Crippen LogP contribution in [0, 0.1) is 5.92 Å². The molecule has 0 bridgehead atoms. The van der Waals surface area contributed by atoms with Crippen LogP contribution in [-0.2, 0) is 19.6 Å². The van der Waals surface area contributed by atoms with E-state index in [2.05, 4.69) is 6.92 Å². The zero-order valence-electron chi connectivity index (χ0n) is 16.0. The third-order valence-electron chi connectivity index (χ3n) is 5.55. The molecule has 0 N–H and O–H groups in total. The summed E-state index contributed by atoms with van der Waals surface area (Å²) in [7, 11) is -3.56. The average Bonchev–Trinajstić information content (AvgIpc) is 2.73. The lowest BCUT2D eigenvalue weighted by Crippen LogP contribution is -2.50. The number of piperidine rings is 1. The number of amides is 1. The lowest BCUT2D eigenvalue weighted by molar-refractivity contribution is -0.145. The van der Waals surface area contributed by atoms with Crippen molar-refractivity contribution in [3.8, 4) is 11.5 Å². The third kappa shape index (κ3) is 3.83. The predicted octanol–water partition coefficient (Wildman–Crippen LogP) is 1.11. The van der Waals surface area contributed by atoms with Crippen molar-refractivity contribution in [3.63, 3.8) is 0 Å². The van der Waals surface area contributed by atoms with Crippen LogP contribution in [-0.4, -0.2) is 75.6 Å². The molecule has 3 aliphatic heterocycles. The zero-order valence-corrected chi connectivity index (χ0v) is 16.8. The smallest absolute Gasteiger partial charge is 0.267 e. The summed E-state index contributed by atoms with van der Waals surface area (Å²) >= 11 is 0. The van der Waals surface area contributed by atoms with Crippen LogP contribution in [0.25, 0.3) is 0 Å². The second-order valence-electron chi connectivity index (χ2n) is 7.55. The number of nitrogens with zero attached hydrogens (tertiary/aromatic N) is 2. The Balaban J connectivity index is 1.47. The lowest BCUT2D eigenvalue weighted by Gasteiger charge is -2.33.